The fourth-order valence-electron chi connectivity index (χ4n) is 1.27. The van der Waals surface area contributed by atoms with Crippen molar-refractivity contribution in [1.29, 1.82) is 0 Å². The van der Waals surface area contributed by atoms with E-state index in [1.165, 1.54) is 16.9 Å². The van der Waals surface area contributed by atoms with Crippen LogP contribution in [0.1, 0.15) is 0 Å². The van der Waals surface area contributed by atoms with Gasteiger partial charge in [-0.2, -0.15) is 0 Å². The lowest BCUT2D eigenvalue weighted by molar-refractivity contribution is 0.628. The van der Waals surface area contributed by atoms with Crippen LogP contribution in [0.4, 0.5) is 10.1 Å². The molecule has 0 spiro atoms. The van der Waals surface area contributed by atoms with Crippen molar-refractivity contribution >= 4 is 5.69 Å². The SMILES string of the molecule is Cn1nncc1-c1ccc(N)cc1F. The molecule has 0 aliphatic carbocycles. The summed E-state index contributed by atoms with van der Waals surface area (Å²) in [5.41, 5.74) is 6.92. The maximum atomic E-state index is 13.4. The van der Waals surface area contributed by atoms with Crippen molar-refractivity contribution in [3.8, 4) is 11.3 Å². The van der Waals surface area contributed by atoms with Gasteiger partial charge in [0, 0.05) is 18.3 Å². The molecular formula is C9H9FN4. The third-order valence-corrected chi connectivity index (χ3v) is 1.98. The van der Waals surface area contributed by atoms with Gasteiger partial charge in [0.1, 0.15) is 5.82 Å². The van der Waals surface area contributed by atoms with Gasteiger partial charge < -0.3 is 5.73 Å². The Morgan fingerprint density at radius 2 is 2.21 bits per heavy atom. The fraction of sp³-hybridized carbons (Fsp3) is 0.111. The van der Waals surface area contributed by atoms with E-state index in [-0.39, 0.29) is 5.82 Å². The standard InChI is InChI=1S/C9H9FN4/c1-14-9(5-12-13-14)7-3-2-6(11)4-8(7)10/h2-5H,11H2,1H3. The highest BCUT2D eigenvalue weighted by atomic mass is 19.1. The predicted molar refractivity (Wildman–Crippen MR) is 50.8 cm³/mol. The van der Waals surface area contributed by atoms with Gasteiger partial charge in [-0.15, -0.1) is 5.10 Å². The third kappa shape index (κ3) is 1.32. The van der Waals surface area contributed by atoms with Crippen LogP contribution in [-0.4, -0.2) is 15.0 Å². The second-order valence-electron chi connectivity index (χ2n) is 2.98. The largest absolute Gasteiger partial charge is 0.399 e. The van der Waals surface area contributed by atoms with E-state index < -0.39 is 0 Å². The summed E-state index contributed by atoms with van der Waals surface area (Å²) in [7, 11) is 1.71. The molecule has 0 bridgehead atoms. The molecule has 1 aromatic heterocycles. The molecule has 0 fully saturated rings. The first kappa shape index (κ1) is 8.68. The van der Waals surface area contributed by atoms with Crippen molar-refractivity contribution in [2.75, 3.05) is 5.73 Å². The van der Waals surface area contributed by atoms with Gasteiger partial charge in [-0.1, -0.05) is 5.21 Å². The molecule has 0 radical (unpaired) electrons. The van der Waals surface area contributed by atoms with Crippen LogP contribution in [0.15, 0.2) is 24.4 Å². The first-order valence-electron chi connectivity index (χ1n) is 4.08. The van der Waals surface area contributed by atoms with E-state index in [0.29, 0.717) is 16.9 Å². The molecule has 0 aliphatic rings. The van der Waals surface area contributed by atoms with Gasteiger partial charge >= 0.3 is 0 Å². The minimum Gasteiger partial charge on any atom is -0.399 e. The minimum atomic E-state index is -0.365. The zero-order valence-corrected chi connectivity index (χ0v) is 7.61. The maximum absolute atomic E-state index is 13.4. The summed E-state index contributed by atoms with van der Waals surface area (Å²) in [6.07, 6.45) is 1.51. The number of hydrogen-bond acceptors (Lipinski definition) is 3. The third-order valence-electron chi connectivity index (χ3n) is 1.98. The van der Waals surface area contributed by atoms with Gasteiger partial charge in [0.05, 0.1) is 11.9 Å². The molecule has 2 N–H and O–H groups in total. The first-order chi connectivity index (χ1) is 6.68. The molecule has 2 aromatic rings. The van der Waals surface area contributed by atoms with Crippen molar-refractivity contribution in [2.45, 2.75) is 0 Å². The highest BCUT2D eigenvalue weighted by molar-refractivity contribution is 5.62. The van der Waals surface area contributed by atoms with Crippen LogP contribution in [0.3, 0.4) is 0 Å². The monoisotopic (exact) mass is 192 g/mol. The summed E-state index contributed by atoms with van der Waals surface area (Å²) in [6.45, 7) is 0. The Balaban J connectivity index is 2.58. The summed E-state index contributed by atoms with van der Waals surface area (Å²) in [5.74, 6) is -0.365. The lowest BCUT2D eigenvalue weighted by Crippen LogP contribution is -1.96. The van der Waals surface area contributed by atoms with Crippen LogP contribution in [0.25, 0.3) is 11.3 Å². The lowest BCUT2D eigenvalue weighted by atomic mass is 10.1. The van der Waals surface area contributed by atoms with Gasteiger partial charge in [-0.25, -0.2) is 9.07 Å². The van der Waals surface area contributed by atoms with Gasteiger partial charge in [0.2, 0.25) is 0 Å². The lowest BCUT2D eigenvalue weighted by Gasteiger charge is -2.02. The molecule has 14 heavy (non-hydrogen) atoms. The van der Waals surface area contributed by atoms with E-state index in [1.54, 1.807) is 19.2 Å². The number of halogens is 1. The summed E-state index contributed by atoms with van der Waals surface area (Å²) in [4.78, 5) is 0. The summed E-state index contributed by atoms with van der Waals surface area (Å²) in [6, 6.07) is 4.54. The van der Waals surface area contributed by atoms with Crippen molar-refractivity contribution < 1.29 is 4.39 Å². The Bertz CT molecular complexity index is 464. The van der Waals surface area contributed by atoms with Crippen LogP contribution >= 0.6 is 0 Å². The molecule has 0 atom stereocenters. The molecule has 0 unspecified atom stereocenters. The molecule has 0 saturated heterocycles. The number of aromatic nitrogens is 3. The highest BCUT2D eigenvalue weighted by Gasteiger charge is 2.08. The topological polar surface area (TPSA) is 56.7 Å². The minimum absolute atomic E-state index is 0.365. The van der Waals surface area contributed by atoms with Crippen molar-refractivity contribution in [3.63, 3.8) is 0 Å². The Labute approximate surface area is 80.2 Å². The van der Waals surface area contributed by atoms with Crippen molar-refractivity contribution in [2.24, 2.45) is 7.05 Å². The van der Waals surface area contributed by atoms with E-state index in [4.69, 9.17) is 5.73 Å². The normalized spacial score (nSPS) is 10.4. The number of anilines is 1. The molecule has 0 amide bonds. The average Bonchev–Trinajstić information content (AvgIpc) is 2.52. The molecule has 72 valence electrons. The molecule has 4 nitrogen and oxygen atoms in total. The number of nitrogens with two attached hydrogens (primary N) is 1. The second kappa shape index (κ2) is 3.10. The molecule has 5 heteroatoms. The van der Waals surface area contributed by atoms with E-state index in [1.807, 2.05) is 0 Å². The Morgan fingerprint density at radius 1 is 1.43 bits per heavy atom. The summed E-state index contributed by atoms with van der Waals surface area (Å²) >= 11 is 0. The molecule has 2 rings (SSSR count). The summed E-state index contributed by atoms with van der Waals surface area (Å²) in [5, 5.41) is 7.40. The zero-order chi connectivity index (χ0) is 10.1. The quantitative estimate of drug-likeness (QED) is 0.691. The van der Waals surface area contributed by atoms with E-state index >= 15 is 0 Å². The number of nitrogens with zero attached hydrogens (tertiary/aromatic N) is 3. The molecule has 0 aliphatic heterocycles. The maximum Gasteiger partial charge on any atom is 0.134 e. The first-order valence-corrected chi connectivity index (χ1v) is 4.08. The van der Waals surface area contributed by atoms with Crippen molar-refractivity contribution in [1.82, 2.24) is 15.0 Å². The molecular weight excluding hydrogens is 183 g/mol. The van der Waals surface area contributed by atoms with Gasteiger partial charge in [-0.05, 0) is 18.2 Å². The van der Waals surface area contributed by atoms with E-state index in [9.17, 15) is 4.39 Å². The molecule has 0 saturated carbocycles. The number of benzene rings is 1. The predicted octanol–water partition coefficient (Wildman–Crippen LogP) is 1.20. The number of rotatable bonds is 1. The van der Waals surface area contributed by atoms with Crippen molar-refractivity contribution in [3.05, 3.63) is 30.2 Å². The number of aryl methyl sites for hydroxylation is 1. The Kier molecular flexibility index (Phi) is 1.92. The zero-order valence-electron chi connectivity index (χ0n) is 7.61. The number of nitrogen functional groups attached to an aromatic ring is 1. The van der Waals surface area contributed by atoms with Gasteiger partial charge in [-0.3, -0.25) is 0 Å². The van der Waals surface area contributed by atoms with Crippen LogP contribution in [0, 0.1) is 5.82 Å². The average molecular weight is 192 g/mol. The van der Waals surface area contributed by atoms with Crippen LogP contribution in [0.2, 0.25) is 0 Å². The highest BCUT2D eigenvalue weighted by Crippen LogP contribution is 2.22. The van der Waals surface area contributed by atoms with E-state index in [2.05, 4.69) is 10.3 Å². The van der Waals surface area contributed by atoms with Gasteiger partial charge in [0.15, 0.2) is 0 Å². The Hall–Kier alpha value is -1.91. The Morgan fingerprint density at radius 3 is 2.79 bits per heavy atom. The summed E-state index contributed by atoms with van der Waals surface area (Å²) < 4.78 is 15.0. The van der Waals surface area contributed by atoms with E-state index in [0.717, 1.165) is 0 Å². The van der Waals surface area contributed by atoms with Gasteiger partial charge in [0.25, 0.3) is 0 Å². The second-order valence-corrected chi connectivity index (χ2v) is 2.98. The van der Waals surface area contributed by atoms with Crippen LogP contribution < -0.4 is 5.73 Å². The number of hydrogen-bond donors (Lipinski definition) is 1. The molecule has 1 aromatic carbocycles. The fourth-order valence-corrected chi connectivity index (χ4v) is 1.27. The molecule has 1 heterocycles. The smallest absolute Gasteiger partial charge is 0.134 e. The van der Waals surface area contributed by atoms with Crippen LogP contribution in [0.5, 0.6) is 0 Å². The van der Waals surface area contributed by atoms with Crippen LogP contribution in [-0.2, 0) is 7.05 Å².